The smallest absolute Gasteiger partial charge is 0.406 e. The van der Waals surface area contributed by atoms with E-state index >= 15 is 0 Å². The predicted octanol–water partition coefficient (Wildman–Crippen LogP) is 1.59. The minimum absolute atomic E-state index is 0.0505. The third-order valence-electron chi connectivity index (χ3n) is 4.47. The summed E-state index contributed by atoms with van der Waals surface area (Å²) in [5, 5.41) is 13.0. The van der Waals surface area contributed by atoms with Crippen molar-refractivity contribution in [2.45, 2.75) is 25.1 Å². The van der Waals surface area contributed by atoms with Crippen LogP contribution < -0.4 is 5.32 Å². The lowest BCUT2D eigenvalue weighted by molar-refractivity contribution is -0.384. The maximum absolute atomic E-state index is 12.7. The highest BCUT2D eigenvalue weighted by Crippen LogP contribution is 2.39. The Hall–Kier alpha value is -3.08. The number of non-ortho nitro benzene ring substituents is 1. The molecular formula is C18H19N3O7S. The molecule has 1 aromatic carbocycles. The van der Waals surface area contributed by atoms with Gasteiger partial charge in [0.2, 0.25) is 5.91 Å². The van der Waals surface area contributed by atoms with Crippen molar-refractivity contribution >= 4 is 35.4 Å². The van der Waals surface area contributed by atoms with Crippen molar-refractivity contribution in [1.29, 1.82) is 0 Å². The number of nitrogens with zero attached hydrogens (tertiary/aromatic N) is 2. The van der Waals surface area contributed by atoms with Crippen molar-refractivity contribution in [3.8, 4) is 0 Å². The quantitative estimate of drug-likeness (QED) is 0.220. The Morgan fingerprint density at radius 3 is 2.66 bits per heavy atom. The van der Waals surface area contributed by atoms with Crippen LogP contribution in [0.4, 0.5) is 10.5 Å². The van der Waals surface area contributed by atoms with Gasteiger partial charge in [-0.3, -0.25) is 14.9 Å². The van der Waals surface area contributed by atoms with E-state index in [0.717, 1.165) is 0 Å². The number of thioether (sulfide) groups is 1. The van der Waals surface area contributed by atoms with Gasteiger partial charge < -0.3 is 19.7 Å². The molecule has 1 aromatic rings. The number of benzene rings is 1. The van der Waals surface area contributed by atoms with Crippen LogP contribution in [0.2, 0.25) is 0 Å². The molecule has 2 heterocycles. The number of carbonyl (C=O) groups is 3. The highest BCUT2D eigenvalue weighted by atomic mass is 32.2. The third kappa shape index (κ3) is 4.67. The zero-order chi connectivity index (χ0) is 21.0. The Bertz CT molecular complexity index is 856. The van der Waals surface area contributed by atoms with Crippen LogP contribution in [0.5, 0.6) is 0 Å². The van der Waals surface area contributed by atoms with Crippen molar-refractivity contribution in [2.75, 3.05) is 19.4 Å². The molecular weight excluding hydrogens is 402 g/mol. The Labute approximate surface area is 170 Å². The zero-order valence-electron chi connectivity index (χ0n) is 15.5. The van der Waals surface area contributed by atoms with Crippen molar-refractivity contribution in [2.24, 2.45) is 0 Å². The van der Waals surface area contributed by atoms with Crippen LogP contribution in [0.15, 0.2) is 35.2 Å². The molecule has 2 amide bonds. The van der Waals surface area contributed by atoms with Gasteiger partial charge in [0.05, 0.1) is 17.4 Å². The lowest BCUT2D eigenvalue weighted by atomic mass is 10.0. The Morgan fingerprint density at radius 2 is 2.03 bits per heavy atom. The number of nitro benzene ring substituents is 1. The molecule has 11 heteroatoms. The van der Waals surface area contributed by atoms with Gasteiger partial charge in [0.1, 0.15) is 13.2 Å². The van der Waals surface area contributed by atoms with Gasteiger partial charge in [0, 0.05) is 29.8 Å². The fraction of sp³-hybridized carbons (Fsp3) is 0.389. The monoisotopic (exact) mass is 421 g/mol. The molecule has 154 valence electrons. The van der Waals surface area contributed by atoms with Gasteiger partial charge in [-0.15, -0.1) is 11.8 Å². The first-order chi connectivity index (χ1) is 13.9. The predicted molar refractivity (Wildman–Crippen MR) is 103 cm³/mol. The van der Waals surface area contributed by atoms with E-state index in [2.05, 4.69) is 5.32 Å². The average molecular weight is 421 g/mol. The summed E-state index contributed by atoms with van der Waals surface area (Å²) < 4.78 is 10.3. The van der Waals surface area contributed by atoms with Crippen LogP contribution in [0.25, 0.3) is 0 Å². The van der Waals surface area contributed by atoms with E-state index in [1.165, 1.54) is 48.0 Å². The lowest BCUT2D eigenvalue weighted by Crippen LogP contribution is -2.55. The highest BCUT2D eigenvalue weighted by molar-refractivity contribution is 8.03. The van der Waals surface area contributed by atoms with E-state index in [0.29, 0.717) is 22.6 Å². The first kappa shape index (κ1) is 20.6. The van der Waals surface area contributed by atoms with Gasteiger partial charge >= 0.3 is 12.1 Å². The second-order valence-electron chi connectivity index (χ2n) is 6.31. The minimum atomic E-state index is -0.815. The number of β-lactam (4-membered cyclic amide) rings is 1. The van der Waals surface area contributed by atoms with Crippen molar-refractivity contribution in [3.63, 3.8) is 0 Å². The highest BCUT2D eigenvalue weighted by Gasteiger charge is 2.50. The van der Waals surface area contributed by atoms with Gasteiger partial charge in [-0.25, -0.2) is 9.59 Å². The summed E-state index contributed by atoms with van der Waals surface area (Å²) in [6.07, 6.45) is 1.68. The summed E-state index contributed by atoms with van der Waals surface area (Å²) in [7, 11) is 1.46. The van der Waals surface area contributed by atoms with Gasteiger partial charge in [-0.05, 0) is 23.8 Å². The molecule has 1 fully saturated rings. The molecule has 10 nitrogen and oxygen atoms in total. The first-order valence-electron chi connectivity index (χ1n) is 8.81. The molecule has 3 rings (SSSR count). The second-order valence-corrected chi connectivity index (χ2v) is 7.48. The number of hydrogen-bond acceptors (Lipinski definition) is 8. The molecule has 0 spiro atoms. The number of nitrogens with one attached hydrogen (secondary N) is 1. The van der Waals surface area contributed by atoms with Crippen LogP contribution in [-0.4, -0.2) is 59.3 Å². The number of nitro groups is 1. The number of rotatable bonds is 8. The Balaban J connectivity index is 1.57. The molecule has 0 aliphatic carbocycles. The van der Waals surface area contributed by atoms with E-state index in [4.69, 9.17) is 9.47 Å². The molecule has 29 heavy (non-hydrogen) atoms. The van der Waals surface area contributed by atoms with Crippen LogP contribution in [0.3, 0.4) is 0 Å². The average Bonchev–Trinajstić information content (AvgIpc) is 3.01. The molecule has 2 aliphatic heterocycles. The van der Waals surface area contributed by atoms with Gasteiger partial charge in [-0.1, -0.05) is 0 Å². The summed E-state index contributed by atoms with van der Waals surface area (Å²) >= 11 is 1.34. The summed E-state index contributed by atoms with van der Waals surface area (Å²) in [6.45, 7) is 0.0998. The topological polar surface area (TPSA) is 128 Å². The molecule has 0 aromatic heterocycles. The van der Waals surface area contributed by atoms with Crippen LogP contribution in [0, 0.1) is 10.1 Å². The van der Waals surface area contributed by atoms with Gasteiger partial charge in [0.25, 0.3) is 5.69 Å². The Morgan fingerprint density at radius 1 is 1.31 bits per heavy atom. The fourth-order valence-electron chi connectivity index (χ4n) is 3.02. The molecule has 1 saturated heterocycles. The van der Waals surface area contributed by atoms with Crippen molar-refractivity contribution in [3.05, 3.63) is 50.9 Å². The number of fused-ring (bicyclic) bond motifs is 1. The largest absolute Gasteiger partial charge is 0.459 e. The van der Waals surface area contributed by atoms with E-state index in [1.54, 1.807) is 0 Å². The Kier molecular flexibility index (Phi) is 6.37. The SMILES string of the molecule is CNC(=O)OCCSC1=CC2CC(=O)N2C1C(=O)OCc1ccc([N+](=O)[O-])cc1. The van der Waals surface area contributed by atoms with Crippen molar-refractivity contribution < 1.29 is 28.8 Å². The van der Waals surface area contributed by atoms with Crippen LogP contribution in [-0.2, 0) is 25.7 Å². The maximum Gasteiger partial charge on any atom is 0.406 e. The van der Waals surface area contributed by atoms with E-state index in [1.807, 2.05) is 6.08 Å². The van der Waals surface area contributed by atoms with Crippen molar-refractivity contribution in [1.82, 2.24) is 10.2 Å². The maximum atomic E-state index is 12.7. The normalized spacial score (nSPS) is 19.7. The summed E-state index contributed by atoms with van der Waals surface area (Å²) in [6, 6.07) is 4.76. The van der Waals surface area contributed by atoms with Crippen LogP contribution >= 0.6 is 11.8 Å². The van der Waals surface area contributed by atoms with Crippen LogP contribution in [0.1, 0.15) is 12.0 Å². The number of hydrogen-bond donors (Lipinski definition) is 1. The lowest BCUT2D eigenvalue weighted by Gasteiger charge is -2.38. The number of amides is 2. The molecule has 0 bridgehead atoms. The zero-order valence-corrected chi connectivity index (χ0v) is 16.3. The minimum Gasteiger partial charge on any atom is -0.459 e. The molecule has 1 N–H and O–H groups in total. The molecule has 2 unspecified atom stereocenters. The van der Waals surface area contributed by atoms with Gasteiger partial charge in [-0.2, -0.15) is 0 Å². The molecule has 0 radical (unpaired) electrons. The third-order valence-corrected chi connectivity index (χ3v) is 5.54. The summed E-state index contributed by atoms with van der Waals surface area (Å²) in [5.74, 6) is -0.259. The number of alkyl carbamates (subject to hydrolysis) is 1. The summed E-state index contributed by atoms with van der Waals surface area (Å²) in [5.41, 5.74) is 0.552. The molecule has 0 saturated carbocycles. The van der Waals surface area contributed by atoms with E-state index < -0.39 is 23.0 Å². The molecule has 2 atom stereocenters. The second kappa shape index (κ2) is 8.95. The summed E-state index contributed by atoms with van der Waals surface area (Å²) in [4.78, 5) is 48.1. The van der Waals surface area contributed by atoms with Gasteiger partial charge in [0.15, 0.2) is 6.04 Å². The number of ether oxygens (including phenoxy) is 2. The number of esters is 1. The molecule has 2 aliphatic rings. The first-order valence-corrected chi connectivity index (χ1v) is 9.79. The standard InChI is InChI=1S/C18H19N3O7S/c1-19-18(24)27-6-7-29-14-8-13-9-15(22)20(13)16(14)17(23)28-10-11-2-4-12(5-3-11)21(25)26/h2-5,8,13,16H,6-7,9-10H2,1H3,(H,19,24). The van der Waals surface area contributed by atoms with E-state index in [9.17, 15) is 24.5 Å². The number of carbonyl (C=O) groups excluding carboxylic acids is 3. The van der Waals surface area contributed by atoms with E-state index in [-0.39, 0.29) is 30.9 Å². The fourth-order valence-corrected chi connectivity index (χ4v) is 4.04.